The van der Waals surface area contributed by atoms with E-state index in [0.717, 1.165) is 11.1 Å². The average Bonchev–Trinajstić information content (AvgIpc) is 2.29. The van der Waals surface area contributed by atoms with E-state index < -0.39 is 4.92 Å². The highest BCUT2D eigenvalue weighted by atomic mass is 16.6. The van der Waals surface area contributed by atoms with Crippen LogP contribution in [0.1, 0.15) is 5.56 Å². The van der Waals surface area contributed by atoms with Crippen LogP contribution in [0.5, 0.6) is 0 Å². The molecule has 3 heteroatoms. The van der Waals surface area contributed by atoms with Gasteiger partial charge in [0, 0.05) is 0 Å². The molecule has 0 saturated heterocycles. The van der Waals surface area contributed by atoms with Gasteiger partial charge in [0.25, 0.3) is 5.69 Å². The number of aryl methyl sites for hydroxylation is 1. The fourth-order valence-electron chi connectivity index (χ4n) is 1.62. The van der Waals surface area contributed by atoms with Gasteiger partial charge in [0.1, 0.15) is 0 Å². The molecule has 0 aliphatic carbocycles. The van der Waals surface area contributed by atoms with Crippen molar-refractivity contribution in [3.63, 3.8) is 0 Å². The lowest BCUT2D eigenvalue weighted by atomic mass is 10.0. The molecule has 1 radical (unpaired) electrons. The predicted octanol–water partition coefficient (Wildman–Crippen LogP) is 3.37. The summed E-state index contributed by atoms with van der Waals surface area (Å²) in [4.78, 5) is 10.4. The number of nitro benzene ring substituents is 1. The van der Waals surface area contributed by atoms with E-state index in [0.29, 0.717) is 5.56 Å². The molecule has 2 rings (SSSR count). The Labute approximate surface area is 93.5 Å². The Morgan fingerprint density at radius 1 is 1.25 bits per heavy atom. The van der Waals surface area contributed by atoms with Gasteiger partial charge < -0.3 is 0 Å². The van der Waals surface area contributed by atoms with E-state index in [2.05, 4.69) is 6.07 Å². The summed E-state index contributed by atoms with van der Waals surface area (Å²) in [7, 11) is 0. The van der Waals surface area contributed by atoms with Crippen LogP contribution in [0.4, 0.5) is 5.69 Å². The molecular formula is C13H10NO2. The van der Waals surface area contributed by atoms with Crippen LogP contribution in [0.3, 0.4) is 0 Å². The largest absolute Gasteiger partial charge is 0.285 e. The quantitative estimate of drug-likeness (QED) is 0.565. The van der Waals surface area contributed by atoms with Crippen LogP contribution in [0.2, 0.25) is 0 Å². The Morgan fingerprint density at radius 3 is 2.75 bits per heavy atom. The maximum absolute atomic E-state index is 10.9. The number of hydrogen-bond donors (Lipinski definition) is 0. The fourth-order valence-corrected chi connectivity index (χ4v) is 1.62. The van der Waals surface area contributed by atoms with Gasteiger partial charge in [-0.15, -0.1) is 0 Å². The Morgan fingerprint density at radius 2 is 2.06 bits per heavy atom. The minimum atomic E-state index is -0.405. The van der Waals surface area contributed by atoms with Crippen LogP contribution in [0, 0.1) is 23.1 Å². The highest BCUT2D eigenvalue weighted by Gasteiger charge is 2.13. The molecule has 0 fully saturated rings. The molecule has 0 unspecified atom stereocenters. The van der Waals surface area contributed by atoms with Crippen LogP contribution >= 0.6 is 0 Å². The first-order valence-electron chi connectivity index (χ1n) is 4.90. The monoisotopic (exact) mass is 212 g/mol. The summed E-state index contributed by atoms with van der Waals surface area (Å²) < 4.78 is 0. The SMILES string of the molecule is Cc1cccc(-c2ccc[c]c2[N+](=O)[O-])c1. The molecule has 0 saturated carbocycles. The number of nitrogens with zero attached hydrogens (tertiary/aromatic N) is 1. The molecule has 0 atom stereocenters. The molecule has 0 aliphatic heterocycles. The third-order valence-corrected chi connectivity index (χ3v) is 2.35. The van der Waals surface area contributed by atoms with Crippen LogP contribution < -0.4 is 0 Å². The molecule has 0 bridgehead atoms. The van der Waals surface area contributed by atoms with Crippen molar-refractivity contribution >= 4 is 5.69 Å². The van der Waals surface area contributed by atoms with E-state index in [1.54, 1.807) is 18.2 Å². The van der Waals surface area contributed by atoms with E-state index in [1.165, 1.54) is 0 Å². The van der Waals surface area contributed by atoms with Crippen molar-refractivity contribution in [3.05, 3.63) is 64.2 Å². The third kappa shape index (κ3) is 1.93. The first-order chi connectivity index (χ1) is 7.68. The van der Waals surface area contributed by atoms with Gasteiger partial charge >= 0.3 is 0 Å². The Bertz CT molecular complexity index is 535. The molecular weight excluding hydrogens is 202 g/mol. The van der Waals surface area contributed by atoms with Gasteiger partial charge in [-0.3, -0.25) is 10.1 Å². The van der Waals surface area contributed by atoms with E-state index in [-0.39, 0.29) is 5.69 Å². The van der Waals surface area contributed by atoms with Crippen molar-refractivity contribution in [2.45, 2.75) is 6.92 Å². The third-order valence-electron chi connectivity index (χ3n) is 2.35. The lowest BCUT2D eigenvalue weighted by molar-refractivity contribution is -0.384. The number of nitro groups is 1. The van der Waals surface area contributed by atoms with Crippen molar-refractivity contribution in [2.24, 2.45) is 0 Å². The zero-order valence-corrected chi connectivity index (χ0v) is 8.81. The molecule has 79 valence electrons. The molecule has 0 amide bonds. The van der Waals surface area contributed by atoms with E-state index in [9.17, 15) is 10.1 Å². The number of hydrogen-bond acceptors (Lipinski definition) is 2. The summed E-state index contributed by atoms with van der Waals surface area (Å²) in [6.07, 6.45) is 0. The second-order valence-electron chi connectivity index (χ2n) is 3.56. The van der Waals surface area contributed by atoms with Crippen molar-refractivity contribution in [1.82, 2.24) is 0 Å². The topological polar surface area (TPSA) is 43.1 Å². The number of para-hydroxylation sites is 1. The predicted molar refractivity (Wildman–Crippen MR) is 62.1 cm³/mol. The molecule has 2 aromatic rings. The first-order valence-corrected chi connectivity index (χ1v) is 4.90. The molecule has 16 heavy (non-hydrogen) atoms. The number of benzene rings is 2. The van der Waals surface area contributed by atoms with E-state index >= 15 is 0 Å². The lowest BCUT2D eigenvalue weighted by Crippen LogP contribution is -1.91. The summed E-state index contributed by atoms with van der Waals surface area (Å²) >= 11 is 0. The van der Waals surface area contributed by atoms with Gasteiger partial charge in [0.05, 0.1) is 16.6 Å². The summed E-state index contributed by atoms with van der Waals surface area (Å²) in [5, 5.41) is 10.9. The van der Waals surface area contributed by atoms with Crippen molar-refractivity contribution in [2.75, 3.05) is 0 Å². The number of rotatable bonds is 2. The zero-order chi connectivity index (χ0) is 11.5. The van der Waals surface area contributed by atoms with E-state index in [4.69, 9.17) is 0 Å². The molecule has 2 aromatic carbocycles. The second-order valence-corrected chi connectivity index (χ2v) is 3.56. The highest BCUT2D eigenvalue weighted by Crippen LogP contribution is 2.29. The molecule has 0 aromatic heterocycles. The van der Waals surface area contributed by atoms with Crippen LogP contribution in [-0.2, 0) is 0 Å². The van der Waals surface area contributed by atoms with Gasteiger partial charge in [-0.25, -0.2) is 0 Å². The van der Waals surface area contributed by atoms with E-state index in [1.807, 2.05) is 31.2 Å². The van der Waals surface area contributed by atoms with Crippen LogP contribution in [-0.4, -0.2) is 4.92 Å². The van der Waals surface area contributed by atoms with Gasteiger partial charge in [-0.1, -0.05) is 35.9 Å². The Balaban J connectivity index is 2.60. The molecule has 3 nitrogen and oxygen atoms in total. The highest BCUT2D eigenvalue weighted by molar-refractivity contribution is 5.73. The summed E-state index contributed by atoms with van der Waals surface area (Å²) in [6, 6.07) is 15.3. The summed E-state index contributed by atoms with van der Waals surface area (Å²) in [5.74, 6) is 0. The minimum Gasteiger partial charge on any atom is -0.258 e. The van der Waals surface area contributed by atoms with Crippen molar-refractivity contribution in [1.29, 1.82) is 0 Å². The standard InChI is InChI=1S/C13H10NO2/c1-10-5-4-6-11(9-10)12-7-2-3-8-13(12)14(15)16/h2-7,9H,1H3. The van der Waals surface area contributed by atoms with Gasteiger partial charge in [0.15, 0.2) is 0 Å². The van der Waals surface area contributed by atoms with Crippen LogP contribution in [0.25, 0.3) is 11.1 Å². The Kier molecular flexibility index (Phi) is 2.68. The Hall–Kier alpha value is -2.16. The zero-order valence-electron chi connectivity index (χ0n) is 8.81. The van der Waals surface area contributed by atoms with Gasteiger partial charge in [-0.2, -0.15) is 0 Å². The normalized spacial score (nSPS) is 10.1. The fraction of sp³-hybridized carbons (Fsp3) is 0.0769. The van der Waals surface area contributed by atoms with Crippen molar-refractivity contribution in [3.8, 4) is 11.1 Å². The maximum atomic E-state index is 10.9. The summed E-state index contributed by atoms with van der Waals surface area (Å²) in [6.45, 7) is 1.96. The lowest BCUT2D eigenvalue weighted by Gasteiger charge is -2.03. The van der Waals surface area contributed by atoms with Gasteiger partial charge in [-0.05, 0) is 24.6 Å². The average molecular weight is 212 g/mol. The second kappa shape index (κ2) is 4.14. The molecule has 0 heterocycles. The molecule has 0 N–H and O–H groups in total. The van der Waals surface area contributed by atoms with Crippen LogP contribution in [0.15, 0.2) is 42.5 Å². The van der Waals surface area contributed by atoms with Crippen molar-refractivity contribution < 1.29 is 4.92 Å². The maximum Gasteiger partial charge on any atom is 0.285 e. The minimum absolute atomic E-state index is 0.0214. The molecule has 0 spiro atoms. The first kappa shape index (κ1) is 10.4. The molecule has 0 aliphatic rings. The van der Waals surface area contributed by atoms with Gasteiger partial charge in [0.2, 0.25) is 0 Å². The summed E-state index contributed by atoms with van der Waals surface area (Å²) in [5.41, 5.74) is 2.56. The smallest absolute Gasteiger partial charge is 0.258 e.